The average molecular weight is 204 g/mol. The molecule has 0 heterocycles. The molecule has 0 fully saturated rings. The van der Waals surface area contributed by atoms with Gasteiger partial charge in [-0.1, -0.05) is 10.5 Å². The highest BCUT2D eigenvalue weighted by atomic mass is 35.5. The maximum absolute atomic E-state index is 11.7. The zero-order chi connectivity index (χ0) is 9.84. The lowest BCUT2D eigenvalue weighted by Crippen LogP contribution is -2.13. The minimum atomic E-state index is -0.973. The van der Waals surface area contributed by atoms with Gasteiger partial charge < -0.3 is 5.11 Å². The maximum Gasteiger partial charge on any atom is 0.282 e. The van der Waals surface area contributed by atoms with Crippen molar-refractivity contribution in [3.63, 3.8) is 0 Å². The van der Waals surface area contributed by atoms with Gasteiger partial charge in [-0.2, -0.15) is 5.54 Å². The number of amides is 1. The molecule has 0 aliphatic carbocycles. The van der Waals surface area contributed by atoms with Crippen molar-refractivity contribution in [2.75, 3.05) is 0 Å². The van der Waals surface area contributed by atoms with E-state index >= 15 is 0 Å². The summed E-state index contributed by atoms with van der Waals surface area (Å²) in [5, 5.41) is 9.24. The van der Waals surface area contributed by atoms with Gasteiger partial charge in [0.05, 0.1) is 5.56 Å². The lowest BCUT2D eigenvalue weighted by Gasteiger charge is -2.02. The molecule has 13 heavy (non-hydrogen) atoms. The summed E-state index contributed by atoms with van der Waals surface area (Å²) in [7, 11) is 0. The number of aromatic hydroxyl groups is 1. The molecule has 0 spiro atoms. The first-order chi connectivity index (χ1) is 6.19. The minimum Gasteiger partial charge on any atom is -0.507 e. The molecule has 3 nitrogen and oxygen atoms in total. The quantitative estimate of drug-likeness (QED) is 0.568. The Morgan fingerprint density at radius 1 is 1.62 bits per heavy atom. The topological polar surface area (TPSA) is 49.3 Å². The van der Waals surface area contributed by atoms with Crippen molar-refractivity contribution in [2.45, 2.75) is 5.88 Å². The standard InChI is InChI=1S/C8H7ClFNO2/c9-4-5-1-2-6(7(12)3-5)8(13)11-10/h1-3,12H,4H2,(H,11,13). The summed E-state index contributed by atoms with van der Waals surface area (Å²) in [6.07, 6.45) is 0. The molecule has 0 saturated carbocycles. The largest absolute Gasteiger partial charge is 0.507 e. The Balaban J connectivity index is 3.05. The van der Waals surface area contributed by atoms with Crippen molar-refractivity contribution in [3.8, 4) is 5.75 Å². The van der Waals surface area contributed by atoms with E-state index in [1.807, 2.05) is 0 Å². The Morgan fingerprint density at radius 3 is 2.77 bits per heavy atom. The Kier molecular flexibility index (Phi) is 3.08. The van der Waals surface area contributed by atoms with Crippen molar-refractivity contribution in [2.24, 2.45) is 0 Å². The highest BCUT2D eigenvalue weighted by Crippen LogP contribution is 2.19. The van der Waals surface area contributed by atoms with E-state index in [1.54, 1.807) is 0 Å². The fourth-order valence-corrected chi connectivity index (χ4v) is 1.07. The van der Waals surface area contributed by atoms with E-state index in [-0.39, 0.29) is 17.2 Å². The molecule has 0 saturated heterocycles. The summed E-state index contributed by atoms with van der Waals surface area (Å²) in [4.78, 5) is 10.8. The number of rotatable bonds is 2. The number of carbonyl (C=O) groups excluding carboxylic acids is 1. The van der Waals surface area contributed by atoms with Gasteiger partial charge in [-0.05, 0) is 17.7 Å². The Morgan fingerprint density at radius 2 is 2.31 bits per heavy atom. The van der Waals surface area contributed by atoms with Crippen LogP contribution in [0.2, 0.25) is 0 Å². The first-order valence-electron chi connectivity index (χ1n) is 3.48. The van der Waals surface area contributed by atoms with Gasteiger partial charge in [0, 0.05) is 5.88 Å². The molecule has 1 aromatic rings. The molecule has 0 aliphatic heterocycles. The van der Waals surface area contributed by atoms with Gasteiger partial charge in [0.1, 0.15) is 5.75 Å². The summed E-state index contributed by atoms with van der Waals surface area (Å²) in [6, 6.07) is 4.16. The third-order valence-electron chi connectivity index (χ3n) is 1.55. The van der Waals surface area contributed by atoms with Gasteiger partial charge in [-0.25, -0.2) is 0 Å². The number of benzene rings is 1. The van der Waals surface area contributed by atoms with E-state index in [4.69, 9.17) is 11.6 Å². The second-order valence-corrected chi connectivity index (χ2v) is 2.68. The van der Waals surface area contributed by atoms with Gasteiger partial charge >= 0.3 is 0 Å². The second kappa shape index (κ2) is 4.09. The highest BCUT2D eigenvalue weighted by Gasteiger charge is 2.10. The number of halogens is 2. The van der Waals surface area contributed by atoms with Crippen LogP contribution in [0.15, 0.2) is 18.2 Å². The maximum atomic E-state index is 11.7. The predicted octanol–water partition coefficient (Wildman–Crippen LogP) is 1.75. The smallest absolute Gasteiger partial charge is 0.282 e. The van der Waals surface area contributed by atoms with Crippen LogP contribution in [0.3, 0.4) is 0 Å². The number of phenolic OH excluding ortho intramolecular Hbond substituents is 1. The van der Waals surface area contributed by atoms with Crippen LogP contribution in [0.1, 0.15) is 15.9 Å². The lowest BCUT2D eigenvalue weighted by molar-refractivity contribution is 0.0856. The Bertz CT molecular complexity index is 330. The molecule has 0 aromatic heterocycles. The summed E-state index contributed by atoms with van der Waals surface area (Å²) in [5.41, 5.74) is 1.47. The van der Waals surface area contributed by atoms with Crippen molar-refractivity contribution < 1.29 is 14.4 Å². The molecule has 1 amide bonds. The van der Waals surface area contributed by atoms with E-state index < -0.39 is 5.91 Å². The molecule has 1 aromatic carbocycles. The van der Waals surface area contributed by atoms with Crippen LogP contribution in [0.4, 0.5) is 4.48 Å². The van der Waals surface area contributed by atoms with Crippen molar-refractivity contribution in [1.82, 2.24) is 5.54 Å². The molecule has 0 atom stereocenters. The van der Waals surface area contributed by atoms with Crippen molar-refractivity contribution >= 4 is 17.5 Å². The van der Waals surface area contributed by atoms with Gasteiger partial charge in [0.2, 0.25) is 0 Å². The zero-order valence-electron chi connectivity index (χ0n) is 6.55. The average Bonchev–Trinajstić information content (AvgIpc) is 2.16. The number of carbonyl (C=O) groups is 1. The normalized spacial score (nSPS) is 9.69. The second-order valence-electron chi connectivity index (χ2n) is 2.41. The van der Waals surface area contributed by atoms with Gasteiger partial charge in [-0.3, -0.25) is 4.79 Å². The third kappa shape index (κ3) is 2.09. The fraction of sp³-hybridized carbons (Fsp3) is 0.125. The highest BCUT2D eigenvalue weighted by molar-refractivity contribution is 6.17. The monoisotopic (exact) mass is 203 g/mol. The SMILES string of the molecule is O=C(NF)c1ccc(CCl)cc1O. The number of hydrogen-bond donors (Lipinski definition) is 2. The van der Waals surface area contributed by atoms with E-state index in [2.05, 4.69) is 0 Å². The molecule has 0 radical (unpaired) electrons. The van der Waals surface area contributed by atoms with Crippen LogP contribution in [0.25, 0.3) is 0 Å². The molecule has 2 N–H and O–H groups in total. The van der Waals surface area contributed by atoms with Crippen LogP contribution >= 0.6 is 11.6 Å². The summed E-state index contributed by atoms with van der Waals surface area (Å²) in [6.45, 7) is 0. The fourth-order valence-electron chi connectivity index (χ4n) is 0.903. The number of alkyl halides is 1. The molecule has 0 unspecified atom stereocenters. The first-order valence-corrected chi connectivity index (χ1v) is 4.01. The number of hydrogen-bond acceptors (Lipinski definition) is 2. The summed E-state index contributed by atoms with van der Waals surface area (Å²) >= 11 is 5.48. The van der Waals surface area contributed by atoms with Crippen molar-refractivity contribution in [1.29, 1.82) is 0 Å². The molecular weight excluding hydrogens is 197 g/mol. The third-order valence-corrected chi connectivity index (χ3v) is 1.86. The first kappa shape index (κ1) is 9.80. The van der Waals surface area contributed by atoms with Crippen LogP contribution in [0, 0.1) is 0 Å². The van der Waals surface area contributed by atoms with E-state index in [0.29, 0.717) is 5.56 Å². The summed E-state index contributed by atoms with van der Waals surface area (Å²) < 4.78 is 11.7. The van der Waals surface area contributed by atoms with Gasteiger partial charge in [0.25, 0.3) is 5.91 Å². The van der Waals surface area contributed by atoms with Crippen LogP contribution < -0.4 is 5.54 Å². The van der Waals surface area contributed by atoms with Gasteiger partial charge in [0.15, 0.2) is 0 Å². The predicted molar refractivity (Wildman–Crippen MR) is 46.2 cm³/mol. The van der Waals surface area contributed by atoms with E-state index in [0.717, 1.165) is 5.54 Å². The number of phenols is 1. The molecule has 0 bridgehead atoms. The number of nitrogens with one attached hydrogen (secondary N) is 1. The lowest BCUT2D eigenvalue weighted by atomic mass is 10.1. The molecule has 1 rings (SSSR count). The minimum absolute atomic E-state index is 0.114. The van der Waals surface area contributed by atoms with Crippen LogP contribution in [0.5, 0.6) is 5.75 Å². The van der Waals surface area contributed by atoms with E-state index in [9.17, 15) is 14.4 Å². The van der Waals surface area contributed by atoms with Crippen molar-refractivity contribution in [3.05, 3.63) is 29.3 Å². The Hall–Kier alpha value is -1.29. The molecule has 0 aliphatic rings. The summed E-state index contributed by atoms with van der Waals surface area (Å²) in [5.74, 6) is -1.03. The molecular formula is C8H7ClFNO2. The molecule has 70 valence electrons. The van der Waals surface area contributed by atoms with Gasteiger partial charge in [-0.15, -0.1) is 11.6 Å². The van der Waals surface area contributed by atoms with Crippen LogP contribution in [-0.4, -0.2) is 11.0 Å². The van der Waals surface area contributed by atoms with E-state index in [1.165, 1.54) is 18.2 Å². The van der Waals surface area contributed by atoms with Crippen LogP contribution in [-0.2, 0) is 5.88 Å². The zero-order valence-corrected chi connectivity index (χ0v) is 7.31. The Labute approximate surface area is 79.1 Å². The molecule has 5 heteroatoms.